The molecule has 0 spiro atoms. The highest BCUT2D eigenvalue weighted by Crippen LogP contribution is 2.31. The Morgan fingerprint density at radius 2 is 1.67 bits per heavy atom. The topological polar surface area (TPSA) is 72.2 Å². The van der Waals surface area contributed by atoms with Gasteiger partial charge in [-0.1, -0.05) is 34.8 Å². The number of nitrogens with one attached hydrogen (secondary N) is 1. The summed E-state index contributed by atoms with van der Waals surface area (Å²) >= 11 is 17.8. The third-order valence-electron chi connectivity index (χ3n) is 2.77. The molecule has 0 atom stereocenters. The van der Waals surface area contributed by atoms with Crippen LogP contribution in [-0.2, 0) is 10.0 Å². The molecule has 0 saturated carbocycles. The maximum absolute atomic E-state index is 12.3. The van der Waals surface area contributed by atoms with Gasteiger partial charge in [0.15, 0.2) is 0 Å². The molecule has 0 aromatic heterocycles. The van der Waals surface area contributed by atoms with E-state index in [0.29, 0.717) is 5.02 Å². The Kier molecular flexibility index (Phi) is 4.58. The van der Waals surface area contributed by atoms with Crippen molar-refractivity contribution in [3.63, 3.8) is 0 Å². The van der Waals surface area contributed by atoms with Crippen LogP contribution in [0.25, 0.3) is 0 Å². The third-order valence-corrected chi connectivity index (χ3v) is 5.20. The van der Waals surface area contributed by atoms with Gasteiger partial charge in [-0.2, -0.15) is 0 Å². The Bertz CT molecular complexity index is 807. The maximum Gasteiger partial charge on any atom is 0.262 e. The quantitative estimate of drug-likeness (QED) is 0.795. The van der Waals surface area contributed by atoms with E-state index in [1.807, 2.05) is 0 Å². The van der Waals surface area contributed by atoms with Crippen LogP contribution in [0.4, 0.5) is 11.4 Å². The van der Waals surface area contributed by atoms with Crippen molar-refractivity contribution >= 4 is 56.2 Å². The number of sulfonamides is 1. The molecule has 3 N–H and O–H groups in total. The van der Waals surface area contributed by atoms with Crippen molar-refractivity contribution in [1.29, 1.82) is 0 Å². The first kappa shape index (κ1) is 16.2. The smallest absolute Gasteiger partial charge is 0.262 e. The average Bonchev–Trinajstić information content (AvgIpc) is 2.39. The number of nitrogens with two attached hydrogens (primary N) is 1. The van der Waals surface area contributed by atoms with Crippen LogP contribution in [0.5, 0.6) is 0 Å². The van der Waals surface area contributed by atoms with Crippen LogP contribution < -0.4 is 10.5 Å². The number of hydrogen-bond donors (Lipinski definition) is 2. The molecule has 0 saturated heterocycles. The van der Waals surface area contributed by atoms with Gasteiger partial charge < -0.3 is 5.73 Å². The molecule has 0 aliphatic heterocycles. The molecular formula is C13H11Cl3N2O2S. The molecular weight excluding hydrogens is 355 g/mol. The van der Waals surface area contributed by atoms with E-state index in [-0.39, 0.29) is 26.3 Å². The first-order valence-electron chi connectivity index (χ1n) is 5.74. The molecule has 0 aliphatic rings. The minimum absolute atomic E-state index is 0.0165. The predicted octanol–water partition coefficient (Wildman–Crippen LogP) is 4.34. The van der Waals surface area contributed by atoms with Crippen LogP contribution in [-0.4, -0.2) is 8.42 Å². The van der Waals surface area contributed by atoms with Crippen LogP contribution in [0.3, 0.4) is 0 Å². The fraction of sp³-hybridized carbons (Fsp3) is 0.0769. The second kappa shape index (κ2) is 5.93. The van der Waals surface area contributed by atoms with Crippen LogP contribution >= 0.6 is 34.8 Å². The number of hydrogen-bond acceptors (Lipinski definition) is 3. The van der Waals surface area contributed by atoms with Crippen molar-refractivity contribution in [1.82, 2.24) is 0 Å². The van der Waals surface area contributed by atoms with Gasteiger partial charge in [-0.05, 0) is 42.8 Å². The molecule has 2 aromatic carbocycles. The molecule has 21 heavy (non-hydrogen) atoms. The first-order valence-corrected chi connectivity index (χ1v) is 8.36. The van der Waals surface area contributed by atoms with Gasteiger partial charge in [0.05, 0.1) is 26.3 Å². The highest BCUT2D eigenvalue weighted by Gasteiger charge is 2.17. The molecule has 0 bridgehead atoms. The van der Waals surface area contributed by atoms with E-state index in [2.05, 4.69) is 4.72 Å². The number of benzene rings is 2. The minimum Gasteiger partial charge on any atom is -0.397 e. The molecule has 112 valence electrons. The van der Waals surface area contributed by atoms with Gasteiger partial charge in [-0.3, -0.25) is 4.72 Å². The van der Waals surface area contributed by atoms with Crippen molar-refractivity contribution in [3.8, 4) is 0 Å². The molecule has 0 amide bonds. The highest BCUT2D eigenvalue weighted by molar-refractivity contribution is 7.92. The Labute approximate surface area is 137 Å². The lowest BCUT2D eigenvalue weighted by atomic mass is 10.2. The molecule has 8 heteroatoms. The fourth-order valence-corrected chi connectivity index (χ4v) is 3.33. The summed E-state index contributed by atoms with van der Waals surface area (Å²) < 4.78 is 27.0. The molecule has 0 aliphatic carbocycles. The Morgan fingerprint density at radius 3 is 2.29 bits per heavy atom. The lowest BCUT2D eigenvalue weighted by Gasteiger charge is -2.12. The van der Waals surface area contributed by atoms with E-state index in [9.17, 15) is 8.42 Å². The number of aryl methyl sites for hydroxylation is 1. The summed E-state index contributed by atoms with van der Waals surface area (Å²) in [5, 5.41) is 0.945. The van der Waals surface area contributed by atoms with E-state index < -0.39 is 10.0 Å². The summed E-state index contributed by atoms with van der Waals surface area (Å²) in [6, 6.07) is 7.07. The molecule has 4 nitrogen and oxygen atoms in total. The average molecular weight is 366 g/mol. The summed E-state index contributed by atoms with van der Waals surface area (Å²) in [7, 11) is -3.84. The standard InChI is InChI=1S/C13H11Cl3N2O2S/c1-7-4-11(16)13(6-10(7)15)18-21(19,20)8-2-3-9(14)12(17)5-8/h2-6,18H,17H2,1H3. The zero-order valence-corrected chi connectivity index (χ0v) is 13.9. The van der Waals surface area contributed by atoms with Gasteiger partial charge in [0.2, 0.25) is 0 Å². The third kappa shape index (κ3) is 3.55. The highest BCUT2D eigenvalue weighted by atomic mass is 35.5. The van der Waals surface area contributed by atoms with Crippen molar-refractivity contribution in [3.05, 3.63) is 51.0 Å². The van der Waals surface area contributed by atoms with Crippen molar-refractivity contribution in [2.75, 3.05) is 10.5 Å². The van der Waals surface area contributed by atoms with Crippen LogP contribution in [0, 0.1) is 6.92 Å². The number of rotatable bonds is 3. The maximum atomic E-state index is 12.3. The molecule has 0 radical (unpaired) electrons. The predicted molar refractivity (Wildman–Crippen MR) is 87.9 cm³/mol. The van der Waals surface area contributed by atoms with Gasteiger partial charge >= 0.3 is 0 Å². The normalized spacial score (nSPS) is 11.4. The van der Waals surface area contributed by atoms with E-state index in [1.54, 1.807) is 13.0 Å². The summed E-state index contributed by atoms with van der Waals surface area (Å²) in [6.45, 7) is 1.77. The van der Waals surface area contributed by atoms with Crippen molar-refractivity contribution in [2.24, 2.45) is 0 Å². The van der Waals surface area contributed by atoms with Gasteiger partial charge in [0.1, 0.15) is 0 Å². The number of nitrogen functional groups attached to an aromatic ring is 1. The summed E-state index contributed by atoms with van der Waals surface area (Å²) in [4.78, 5) is -0.0165. The summed E-state index contributed by atoms with van der Waals surface area (Å²) in [5.41, 5.74) is 6.73. The second-order valence-corrected chi connectivity index (χ2v) is 7.27. The van der Waals surface area contributed by atoms with Crippen LogP contribution in [0.15, 0.2) is 35.2 Å². The van der Waals surface area contributed by atoms with E-state index in [1.165, 1.54) is 24.3 Å². The SMILES string of the molecule is Cc1cc(Cl)c(NS(=O)(=O)c2ccc(Cl)c(N)c2)cc1Cl. The summed E-state index contributed by atoms with van der Waals surface area (Å²) in [5.74, 6) is 0. The number of halogens is 3. The Balaban J connectivity index is 2.42. The largest absolute Gasteiger partial charge is 0.397 e. The zero-order chi connectivity index (χ0) is 15.8. The van der Waals surface area contributed by atoms with E-state index >= 15 is 0 Å². The van der Waals surface area contributed by atoms with E-state index in [0.717, 1.165) is 5.56 Å². The van der Waals surface area contributed by atoms with E-state index in [4.69, 9.17) is 40.5 Å². The molecule has 0 fully saturated rings. The van der Waals surface area contributed by atoms with Crippen molar-refractivity contribution < 1.29 is 8.42 Å². The minimum atomic E-state index is -3.84. The molecule has 2 aromatic rings. The molecule has 0 unspecified atom stereocenters. The monoisotopic (exact) mass is 364 g/mol. The van der Waals surface area contributed by atoms with Crippen molar-refractivity contribution in [2.45, 2.75) is 11.8 Å². The fourth-order valence-electron chi connectivity index (χ4n) is 1.62. The Hall–Kier alpha value is -1.14. The first-order chi connectivity index (χ1) is 9.70. The summed E-state index contributed by atoms with van der Waals surface area (Å²) in [6.07, 6.45) is 0. The van der Waals surface area contributed by atoms with Crippen LogP contribution in [0.2, 0.25) is 15.1 Å². The second-order valence-electron chi connectivity index (χ2n) is 4.37. The molecule has 2 rings (SSSR count). The van der Waals surface area contributed by atoms with Crippen LogP contribution in [0.1, 0.15) is 5.56 Å². The number of anilines is 2. The van der Waals surface area contributed by atoms with Gasteiger partial charge in [-0.15, -0.1) is 0 Å². The van der Waals surface area contributed by atoms with Gasteiger partial charge in [0.25, 0.3) is 10.0 Å². The molecule has 0 heterocycles. The van der Waals surface area contributed by atoms with Gasteiger partial charge in [-0.25, -0.2) is 8.42 Å². The lowest BCUT2D eigenvalue weighted by molar-refractivity contribution is 0.601. The Morgan fingerprint density at radius 1 is 1.00 bits per heavy atom. The lowest BCUT2D eigenvalue weighted by Crippen LogP contribution is -2.13. The zero-order valence-electron chi connectivity index (χ0n) is 10.8. The van der Waals surface area contributed by atoms with Gasteiger partial charge in [0, 0.05) is 5.02 Å².